The molecule has 0 radical (unpaired) electrons. The van der Waals surface area contributed by atoms with E-state index in [1.807, 2.05) is 24.3 Å². The van der Waals surface area contributed by atoms with E-state index in [1.54, 1.807) is 0 Å². The lowest BCUT2D eigenvalue weighted by molar-refractivity contribution is -0.192. The van der Waals surface area contributed by atoms with Crippen molar-refractivity contribution in [1.29, 1.82) is 0 Å². The molecule has 0 amide bonds. The first-order valence-corrected chi connectivity index (χ1v) is 6.42. The maximum absolute atomic E-state index is 10.8. The van der Waals surface area contributed by atoms with Gasteiger partial charge in [0, 0.05) is 12.1 Å². The third-order valence-corrected chi connectivity index (χ3v) is 2.76. The molecule has 0 aliphatic rings. The van der Waals surface area contributed by atoms with Crippen LogP contribution in [0.5, 0.6) is 0 Å². The van der Waals surface area contributed by atoms with Gasteiger partial charge in [0.05, 0.1) is 0 Å². The molecule has 0 aliphatic heterocycles. The molecule has 0 bridgehead atoms. The van der Waals surface area contributed by atoms with Crippen LogP contribution in [0.2, 0.25) is 0 Å². The molecule has 0 aliphatic carbocycles. The molecule has 0 fully saturated rings. The number of carboxylic acids is 2. The Hall–Kier alpha value is -3.04. The largest absolute Gasteiger partial charge is 0.490 e. The summed E-state index contributed by atoms with van der Waals surface area (Å²) in [6.07, 6.45) is -2.84. The summed E-state index contributed by atoms with van der Waals surface area (Å²) in [5, 5.41) is 16.0. The zero-order valence-electron chi connectivity index (χ0n) is 12.1. The van der Waals surface area contributed by atoms with E-state index < -0.39 is 18.1 Å². The zero-order valence-corrected chi connectivity index (χ0v) is 12.1. The summed E-state index contributed by atoms with van der Waals surface area (Å²) in [5.41, 5.74) is 7.44. The van der Waals surface area contributed by atoms with Gasteiger partial charge in [0.25, 0.3) is 0 Å². The summed E-state index contributed by atoms with van der Waals surface area (Å²) < 4.78 is 36.8. The average Bonchev–Trinajstić information content (AvgIpc) is 2.95. The van der Waals surface area contributed by atoms with E-state index >= 15 is 0 Å². The van der Waals surface area contributed by atoms with Crippen LogP contribution in [0.15, 0.2) is 35.1 Å². The number of nitrogens with two attached hydrogens (primary N) is 1. The number of nitrogens with zero attached hydrogens (tertiary/aromatic N) is 1. The maximum Gasteiger partial charge on any atom is 0.490 e. The van der Waals surface area contributed by atoms with Gasteiger partial charge in [-0.05, 0) is 18.1 Å². The van der Waals surface area contributed by atoms with Gasteiger partial charge < -0.3 is 20.4 Å². The van der Waals surface area contributed by atoms with Crippen LogP contribution in [-0.2, 0) is 17.6 Å². The molecule has 2 rings (SSSR count). The number of rotatable bonds is 4. The van der Waals surface area contributed by atoms with Crippen molar-refractivity contribution in [2.45, 2.75) is 19.0 Å². The van der Waals surface area contributed by atoms with Crippen molar-refractivity contribution in [1.82, 2.24) is 4.98 Å². The highest BCUT2D eigenvalue weighted by atomic mass is 19.4. The summed E-state index contributed by atoms with van der Waals surface area (Å²) in [5.74, 6) is -3.46. The number of alkyl halides is 3. The van der Waals surface area contributed by atoms with Gasteiger partial charge in [-0.2, -0.15) is 13.2 Å². The first-order valence-electron chi connectivity index (χ1n) is 6.42. The summed E-state index contributed by atoms with van der Waals surface area (Å²) in [7, 11) is 0. The number of benzene rings is 1. The fourth-order valence-electron chi connectivity index (χ4n) is 1.63. The molecule has 0 atom stereocenters. The van der Waals surface area contributed by atoms with Gasteiger partial charge in [0.1, 0.15) is 5.76 Å². The SMILES string of the molecule is Nc1ccccc1CCc1ocnc1C(=O)O.O=C(O)C(F)(F)F. The maximum atomic E-state index is 10.8. The first-order chi connectivity index (χ1) is 11.1. The number of aromatic nitrogens is 1. The number of hydrogen-bond donors (Lipinski definition) is 3. The number of hydrogen-bond acceptors (Lipinski definition) is 5. The van der Waals surface area contributed by atoms with Crippen molar-refractivity contribution in [2.24, 2.45) is 0 Å². The van der Waals surface area contributed by atoms with Crippen molar-refractivity contribution < 1.29 is 37.4 Å². The number of aliphatic carboxylic acids is 1. The van der Waals surface area contributed by atoms with Gasteiger partial charge in [-0.1, -0.05) is 18.2 Å². The van der Waals surface area contributed by atoms with E-state index in [-0.39, 0.29) is 5.69 Å². The molecule has 0 saturated heterocycles. The predicted molar refractivity (Wildman–Crippen MR) is 75.4 cm³/mol. The quantitative estimate of drug-likeness (QED) is 0.725. The van der Waals surface area contributed by atoms with E-state index in [1.165, 1.54) is 0 Å². The lowest BCUT2D eigenvalue weighted by atomic mass is 10.1. The van der Waals surface area contributed by atoms with Crippen LogP contribution in [0.1, 0.15) is 21.8 Å². The lowest BCUT2D eigenvalue weighted by Gasteiger charge is -2.03. The minimum absolute atomic E-state index is 0.0282. The average molecular weight is 346 g/mol. The standard InChI is InChI=1S/C12H12N2O3.C2HF3O2/c13-9-4-2-1-3-8(9)5-6-10-11(12(15)16)14-7-17-10;3-2(4,5)1(6)7/h1-4,7H,5-6,13H2,(H,15,16);(H,6,7). The number of halogens is 3. The van der Waals surface area contributed by atoms with Gasteiger partial charge in [-0.25, -0.2) is 14.6 Å². The fraction of sp³-hybridized carbons (Fsp3) is 0.214. The number of carbonyl (C=O) groups is 2. The fourth-order valence-corrected chi connectivity index (χ4v) is 1.63. The molecule has 1 aromatic carbocycles. The van der Waals surface area contributed by atoms with Crippen LogP contribution < -0.4 is 5.73 Å². The van der Waals surface area contributed by atoms with Gasteiger partial charge in [-0.3, -0.25) is 0 Å². The number of nitrogen functional groups attached to an aromatic ring is 1. The molecule has 0 spiro atoms. The van der Waals surface area contributed by atoms with Crippen molar-refractivity contribution in [3.63, 3.8) is 0 Å². The number of para-hydroxylation sites is 1. The lowest BCUT2D eigenvalue weighted by Crippen LogP contribution is -2.21. The van der Waals surface area contributed by atoms with Gasteiger partial charge in [0.2, 0.25) is 0 Å². The molecule has 0 saturated carbocycles. The predicted octanol–water partition coefficient (Wildman–Crippen LogP) is 2.37. The van der Waals surface area contributed by atoms with Gasteiger partial charge in [0.15, 0.2) is 12.1 Å². The molecule has 1 heterocycles. The number of carboxylic acid groups (broad SMARTS) is 2. The highest BCUT2D eigenvalue weighted by molar-refractivity contribution is 5.86. The van der Waals surface area contributed by atoms with Crippen LogP contribution in [0.3, 0.4) is 0 Å². The van der Waals surface area contributed by atoms with Crippen LogP contribution in [0.4, 0.5) is 18.9 Å². The van der Waals surface area contributed by atoms with Crippen LogP contribution in [0.25, 0.3) is 0 Å². The third kappa shape index (κ3) is 5.63. The summed E-state index contributed by atoms with van der Waals surface area (Å²) >= 11 is 0. The molecule has 4 N–H and O–H groups in total. The highest BCUT2D eigenvalue weighted by Crippen LogP contribution is 2.16. The molecule has 2 aromatic rings. The van der Waals surface area contributed by atoms with Crippen LogP contribution in [0, 0.1) is 0 Å². The normalized spacial score (nSPS) is 10.6. The Bertz CT molecular complexity index is 712. The van der Waals surface area contributed by atoms with Gasteiger partial charge >= 0.3 is 18.1 Å². The van der Waals surface area contributed by atoms with Crippen molar-refractivity contribution in [2.75, 3.05) is 5.73 Å². The highest BCUT2D eigenvalue weighted by Gasteiger charge is 2.38. The molecule has 0 unspecified atom stereocenters. The number of aromatic carboxylic acids is 1. The van der Waals surface area contributed by atoms with E-state index in [0.717, 1.165) is 12.0 Å². The summed E-state index contributed by atoms with van der Waals surface area (Å²) in [4.78, 5) is 23.4. The molecule has 7 nitrogen and oxygen atoms in total. The summed E-state index contributed by atoms with van der Waals surface area (Å²) in [6.45, 7) is 0. The van der Waals surface area contributed by atoms with E-state index in [9.17, 15) is 18.0 Å². The van der Waals surface area contributed by atoms with Crippen LogP contribution >= 0.6 is 0 Å². The molecular weight excluding hydrogens is 333 g/mol. The Morgan fingerprint density at radius 3 is 2.25 bits per heavy atom. The van der Waals surface area contributed by atoms with E-state index in [4.69, 9.17) is 25.2 Å². The summed E-state index contributed by atoms with van der Waals surface area (Å²) in [6, 6.07) is 7.47. The topological polar surface area (TPSA) is 127 Å². The molecule has 24 heavy (non-hydrogen) atoms. The molecule has 130 valence electrons. The van der Waals surface area contributed by atoms with Crippen molar-refractivity contribution in [3.05, 3.63) is 47.7 Å². The Balaban J connectivity index is 0.000000351. The van der Waals surface area contributed by atoms with Crippen molar-refractivity contribution >= 4 is 17.6 Å². The molecule has 10 heteroatoms. The zero-order chi connectivity index (χ0) is 18.3. The molecule has 1 aromatic heterocycles. The number of oxazole rings is 1. The minimum atomic E-state index is -5.08. The monoisotopic (exact) mass is 346 g/mol. The Kier molecular flexibility index (Phi) is 6.33. The van der Waals surface area contributed by atoms with E-state index in [2.05, 4.69) is 4.98 Å². The number of anilines is 1. The second-order valence-electron chi connectivity index (χ2n) is 4.43. The third-order valence-electron chi connectivity index (χ3n) is 2.76. The Labute approximate surface area is 133 Å². The van der Waals surface area contributed by atoms with Crippen molar-refractivity contribution in [3.8, 4) is 0 Å². The Morgan fingerprint density at radius 2 is 1.75 bits per heavy atom. The molecular formula is C14H13F3N2O5. The smallest absolute Gasteiger partial charge is 0.476 e. The van der Waals surface area contributed by atoms with Gasteiger partial charge in [-0.15, -0.1) is 0 Å². The second-order valence-corrected chi connectivity index (χ2v) is 4.43. The van der Waals surface area contributed by atoms with Crippen LogP contribution in [-0.4, -0.2) is 33.3 Å². The number of aryl methyl sites for hydroxylation is 2. The first kappa shape index (κ1) is 19.0. The van der Waals surface area contributed by atoms with E-state index in [0.29, 0.717) is 24.3 Å². The minimum Gasteiger partial charge on any atom is -0.476 e. The second kappa shape index (κ2) is 7.99. The Morgan fingerprint density at radius 1 is 1.17 bits per heavy atom.